The number of carbonyl (C=O) groups excluding carboxylic acids is 1. The number of hydrogen-bond acceptors (Lipinski definition) is 4. The molecule has 18 heavy (non-hydrogen) atoms. The van der Waals surface area contributed by atoms with E-state index in [2.05, 4.69) is 0 Å². The van der Waals surface area contributed by atoms with Crippen molar-refractivity contribution in [2.45, 2.75) is 69.2 Å². The molecule has 0 radical (unpaired) electrons. The molecule has 0 aromatic rings. The number of rotatable bonds is 1. The quantitative estimate of drug-likeness (QED) is 0.694. The van der Waals surface area contributed by atoms with Gasteiger partial charge in [0, 0.05) is 18.8 Å². The Morgan fingerprint density at radius 2 is 1.78 bits per heavy atom. The molecule has 3 aliphatic carbocycles. The first-order chi connectivity index (χ1) is 8.52. The molecule has 3 fully saturated rings. The average molecular weight is 254 g/mol. The summed E-state index contributed by atoms with van der Waals surface area (Å²) >= 11 is 0. The van der Waals surface area contributed by atoms with Gasteiger partial charge < -0.3 is 14.9 Å². The largest absolute Gasteiger partial charge is 0.458 e. The Labute approximate surface area is 107 Å². The summed E-state index contributed by atoms with van der Waals surface area (Å²) in [4.78, 5) is 11.4. The fraction of sp³-hybridized carbons (Fsp3) is 0.929. The van der Waals surface area contributed by atoms with E-state index in [9.17, 15) is 15.0 Å². The van der Waals surface area contributed by atoms with Crippen molar-refractivity contribution in [3.05, 3.63) is 0 Å². The van der Waals surface area contributed by atoms with Crippen LogP contribution in [0.3, 0.4) is 0 Å². The predicted molar refractivity (Wildman–Crippen MR) is 64.8 cm³/mol. The molecule has 3 saturated carbocycles. The second-order valence-electron chi connectivity index (χ2n) is 6.23. The molecule has 3 aliphatic rings. The molecule has 4 nitrogen and oxygen atoms in total. The van der Waals surface area contributed by atoms with Crippen molar-refractivity contribution in [2.24, 2.45) is 11.8 Å². The Morgan fingerprint density at radius 1 is 1.17 bits per heavy atom. The Morgan fingerprint density at radius 3 is 2.44 bits per heavy atom. The predicted octanol–water partition coefficient (Wildman–Crippen LogP) is 1.38. The number of esters is 1. The van der Waals surface area contributed by atoms with E-state index in [1.807, 2.05) is 0 Å². The summed E-state index contributed by atoms with van der Waals surface area (Å²) in [7, 11) is 0. The van der Waals surface area contributed by atoms with E-state index in [4.69, 9.17) is 4.74 Å². The molecule has 0 saturated heterocycles. The monoisotopic (exact) mass is 254 g/mol. The van der Waals surface area contributed by atoms with Crippen LogP contribution >= 0.6 is 0 Å². The van der Waals surface area contributed by atoms with Crippen LogP contribution < -0.4 is 0 Å². The highest BCUT2D eigenvalue weighted by molar-refractivity contribution is 5.67. The molecule has 0 amide bonds. The van der Waals surface area contributed by atoms with Crippen molar-refractivity contribution in [3.8, 4) is 0 Å². The van der Waals surface area contributed by atoms with E-state index >= 15 is 0 Å². The Balaban J connectivity index is 1.94. The first-order valence-corrected chi connectivity index (χ1v) is 7.12. The van der Waals surface area contributed by atoms with E-state index in [1.54, 1.807) is 0 Å². The van der Waals surface area contributed by atoms with Gasteiger partial charge in [-0.15, -0.1) is 0 Å². The average Bonchev–Trinajstić information content (AvgIpc) is 2.61. The lowest BCUT2D eigenvalue weighted by Gasteiger charge is -2.63. The van der Waals surface area contributed by atoms with Crippen LogP contribution in [0.4, 0.5) is 0 Å². The second kappa shape index (κ2) is 3.94. The molecule has 0 aromatic carbocycles. The minimum absolute atomic E-state index is 0.0630. The van der Waals surface area contributed by atoms with Gasteiger partial charge in [0.05, 0.1) is 6.10 Å². The summed E-state index contributed by atoms with van der Waals surface area (Å²) in [5.74, 6) is -0.395. The SMILES string of the molecule is CC(=O)O[C@@]12CCC[C@H]1[C@@]1(O)C(O)CCCC[C@H]21. The van der Waals surface area contributed by atoms with E-state index in [0.29, 0.717) is 6.42 Å². The van der Waals surface area contributed by atoms with Gasteiger partial charge in [-0.25, -0.2) is 0 Å². The number of aliphatic hydroxyl groups excluding tert-OH is 1. The third-order valence-corrected chi connectivity index (χ3v) is 5.44. The topological polar surface area (TPSA) is 66.8 Å². The highest BCUT2D eigenvalue weighted by Crippen LogP contribution is 2.66. The number of aliphatic hydroxyl groups is 2. The minimum Gasteiger partial charge on any atom is -0.458 e. The first-order valence-electron chi connectivity index (χ1n) is 7.12. The summed E-state index contributed by atoms with van der Waals surface area (Å²) < 4.78 is 5.63. The Hall–Kier alpha value is -0.610. The maximum atomic E-state index is 11.4. The van der Waals surface area contributed by atoms with E-state index in [0.717, 1.165) is 38.5 Å². The maximum absolute atomic E-state index is 11.4. The van der Waals surface area contributed by atoms with Crippen LogP contribution in [0.25, 0.3) is 0 Å². The van der Waals surface area contributed by atoms with Gasteiger partial charge in [-0.1, -0.05) is 12.8 Å². The molecule has 102 valence electrons. The molecular weight excluding hydrogens is 232 g/mol. The molecule has 4 heteroatoms. The fourth-order valence-electron chi connectivity index (χ4n) is 4.90. The molecule has 0 heterocycles. The number of fused-ring (bicyclic) bond motifs is 4. The zero-order chi connectivity index (χ0) is 13.0. The fourth-order valence-corrected chi connectivity index (χ4v) is 4.90. The summed E-state index contributed by atoms with van der Waals surface area (Å²) in [5.41, 5.74) is -1.49. The number of carbonyl (C=O) groups is 1. The van der Waals surface area contributed by atoms with Crippen LogP contribution in [0.1, 0.15) is 51.9 Å². The molecular formula is C14H22O4. The number of ether oxygens (including phenoxy) is 1. The lowest BCUT2D eigenvalue weighted by molar-refractivity contribution is -0.312. The molecule has 0 bridgehead atoms. The van der Waals surface area contributed by atoms with Crippen molar-refractivity contribution in [2.75, 3.05) is 0 Å². The Kier molecular flexibility index (Phi) is 2.72. The van der Waals surface area contributed by atoms with Crippen molar-refractivity contribution >= 4 is 5.97 Å². The molecule has 1 unspecified atom stereocenters. The minimum atomic E-state index is -1.01. The Bertz CT molecular complexity index is 369. The molecule has 0 spiro atoms. The van der Waals surface area contributed by atoms with Crippen LogP contribution in [0.5, 0.6) is 0 Å². The van der Waals surface area contributed by atoms with Gasteiger partial charge in [0.2, 0.25) is 0 Å². The van der Waals surface area contributed by atoms with Crippen molar-refractivity contribution < 1.29 is 19.7 Å². The van der Waals surface area contributed by atoms with E-state index < -0.39 is 17.3 Å². The zero-order valence-corrected chi connectivity index (χ0v) is 10.9. The van der Waals surface area contributed by atoms with Gasteiger partial charge in [0.15, 0.2) is 0 Å². The van der Waals surface area contributed by atoms with Gasteiger partial charge in [-0.3, -0.25) is 4.79 Å². The van der Waals surface area contributed by atoms with Gasteiger partial charge in [0.25, 0.3) is 0 Å². The summed E-state index contributed by atoms with van der Waals surface area (Å²) in [6, 6.07) is 0. The van der Waals surface area contributed by atoms with E-state index in [-0.39, 0.29) is 17.8 Å². The molecule has 3 rings (SSSR count). The third-order valence-electron chi connectivity index (χ3n) is 5.44. The standard InChI is InChI=1S/C14H22O4/c1-9(15)18-13-8-4-6-11(13)14(17)10(13)5-2-3-7-12(14)16/h10-12,16-17H,2-8H2,1H3/t10-,11-,12?,13-,14-/m1/s1. The van der Waals surface area contributed by atoms with Crippen molar-refractivity contribution in [1.82, 2.24) is 0 Å². The molecule has 0 aliphatic heterocycles. The third kappa shape index (κ3) is 1.36. The van der Waals surface area contributed by atoms with Crippen LogP contribution in [-0.4, -0.2) is 33.5 Å². The van der Waals surface area contributed by atoms with Gasteiger partial charge >= 0.3 is 5.97 Å². The zero-order valence-electron chi connectivity index (χ0n) is 10.9. The van der Waals surface area contributed by atoms with Crippen molar-refractivity contribution in [3.63, 3.8) is 0 Å². The maximum Gasteiger partial charge on any atom is 0.303 e. The lowest BCUT2D eigenvalue weighted by atomic mass is 9.49. The molecule has 0 aromatic heterocycles. The van der Waals surface area contributed by atoms with Gasteiger partial charge in [0.1, 0.15) is 11.2 Å². The first kappa shape index (κ1) is 12.4. The summed E-state index contributed by atoms with van der Waals surface area (Å²) in [6.45, 7) is 1.44. The summed E-state index contributed by atoms with van der Waals surface area (Å²) in [6.07, 6.45) is 5.49. The van der Waals surface area contributed by atoms with Gasteiger partial charge in [-0.2, -0.15) is 0 Å². The van der Waals surface area contributed by atoms with Crippen LogP contribution in [-0.2, 0) is 9.53 Å². The molecule has 2 N–H and O–H groups in total. The summed E-state index contributed by atoms with van der Waals surface area (Å²) in [5, 5.41) is 21.1. The van der Waals surface area contributed by atoms with Gasteiger partial charge in [-0.05, 0) is 32.1 Å². The van der Waals surface area contributed by atoms with E-state index in [1.165, 1.54) is 6.92 Å². The second-order valence-corrected chi connectivity index (χ2v) is 6.23. The molecule has 5 atom stereocenters. The highest BCUT2D eigenvalue weighted by atomic mass is 16.6. The highest BCUT2D eigenvalue weighted by Gasteiger charge is 2.75. The lowest BCUT2D eigenvalue weighted by Crippen LogP contribution is -2.76. The number of hydrogen-bond donors (Lipinski definition) is 2. The van der Waals surface area contributed by atoms with Crippen LogP contribution in [0.2, 0.25) is 0 Å². The van der Waals surface area contributed by atoms with Crippen molar-refractivity contribution in [1.29, 1.82) is 0 Å². The van der Waals surface area contributed by atoms with Crippen LogP contribution in [0.15, 0.2) is 0 Å². The normalized spacial score (nSPS) is 50.7. The van der Waals surface area contributed by atoms with Crippen LogP contribution in [0, 0.1) is 11.8 Å². The smallest absolute Gasteiger partial charge is 0.303 e.